The van der Waals surface area contributed by atoms with Crippen molar-refractivity contribution in [2.45, 2.75) is 6.92 Å². The molecule has 1 N–H and O–H groups in total. The number of hydrogen-bond acceptors (Lipinski definition) is 2. The maximum absolute atomic E-state index is 10.6. The number of halogens is 1. The van der Waals surface area contributed by atoms with Crippen molar-refractivity contribution in [3.8, 4) is 6.07 Å². The van der Waals surface area contributed by atoms with Crippen LogP contribution in [0.3, 0.4) is 0 Å². The average Bonchev–Trinajstić information content (AvgIpc) is 2.09. The van der Waals surface area contributed by atoms with E-state index in [2.05, 4.69) is 0 Å². The van der Waals surface area contributed by atoms with Crippen molar-refractivity contribution in [1.29, 1.82) is 5.26 Å². The van der Waals surface area contributed by atoms with E-state index in [0.717, 1.165) is 0 Å². The molecule has 0 radical (unpaired) electrons. The lowest BCUT2D eigenvalue weighted by molar-refractivity contribution is 0.0696. The summed E-state index contributed by atoms with van der Waals surface area (Å²) in [5, 5.41) is 17.5. The van der Waals surface area contributed by atoms with Gasteiger partial charge in [0.15, 0.2) is 0 Å². The molecule has 0 fully saturated rings. The van der Waals surface area contributed by atoms with Gasteiger partial charge in [0, 0.05) is 0 Å². The number of rotatable bonds is 1. The van der Waals surface area contributed by atoms with Crippen LogP contribution in [0, 0.1) is 18.3 Å². The topological polar surface area (TPSA) is 61.1 Å². The average molecular weight is 196 g/mol. The molecule has 0 amide bonds. The van der Waals surface area contributed by atoms with Crippen molar-refractivity contribution >= 4 is 17.6 Å². The summed E-state index contributed by atoms with van der Waals surface area (Å²) in [6.07, 6.45) is 0. The monoisotopic (exact) mass is 195 g/mol. The molecule has 1 rings (SSSR count). The Morgan fingerprint density at radius 3 is 2.69 bits per heavy atom. The van der Waals surface area contributed by atoms with Gasteiger partial charge in [0.2, 0.25) is 0 Å². The lowest BCUT2D eigenvalue weighted by Gasteiger charge is -2.03. The molecule has 0 saturated carbocycles. The first-order valence-corrected chi connectivity index (χ1v) is 3.88. The Labute approximate surface area is 80.2 Å². The molecule has 0 heterocycles. The van der Waals surface area contributed by atoms with Crippen LogP contribution in [0.1, 0.15) is 21.5 Å². The van der Waals surface area contributed by atoms with Crippen molar-refractivity contribution in [3.63, 3.8) is 0 Å². The summed E-state index contributed by atoms with van der Waals surface area (Å²) in [6.45, 7) is 1.58. The molecule has 3 nitrogen and oxygen atoms in total. The first-order valence-electron chi connectivity index (χ1n) is 3.50. The van der Waals surface area contributed by atoms with E-state index in [4.69, 9.17) is 22.0 Å². The lowest BCUT2D eigenvalue weighted by Crippen LogP contribution is -2.00. The maximum Gasteiger partial charge on any atom is 0.336 e. The van der Waals surface area contributed by atoms with Crippen molar-refractivity contribution < 1.29 is 9.90 Å². The summed E-state index contributed by atoms with van der Waals surface area (Å²) in [7, 11) is 0. The van der Waals surface area contributed by atoms with E-state index in [9.17, 15) is 4.79 Å². The number of nitrogens with zero attached hydrogens (tertiary/aromatic N) is 1. The smallest absolute Gasteiger partial charge is 0.336 e. The van der Waals surface area contributed by atoms with Gasteiger partial charge < -0.3 is 5.11 Å². The fourth-order valence-corrected chi connectivity index (χ4v) is 1.21. The van der Waals surface area contributed by atoms with Crippen LogP contribution in [0.2, 0.25) is 5.02 Å². The molecule has 0 spiro atoms. The Bertz CT molecular complexity index is 407. The molecule has 0 atom stereocenters. The third-order valence-corrected chi connectivity index (χ3v) is 2.22. The fourth-order valence-electron chi connectivity index (χ4n) is 1.00. The quantitative estimate of drug-likeness (QED) is 0.748. The van der Waals surface area contributed by atoms with Crippen molar-refractivity contribution in [2.24, 2.45) is 0 Å². The van der Waals surface area contributed by atoms with Crippen LogP contribution < -0.4 is 0 Å². The Balaban J connectivity index is 3.42. The minimum absolute atomic E-state index is 0.129. The van der Waals surface area contributed by atoms with Crippen LogP contribution in [-0.4, -0.2) is 11.1 Å². The number of benzene rings is 1. The molecule has 0 aliphatic heterocycles. The minimum Gasteiger partial charge on any atom is -0.478 e. The lowest BCUT2D eigenvalue weighted by atomic mass is 10.1. The van der Waals surface area contributed by atoms with E-state index in [0.29, 0.717) is 11.1 Å². The Morgan fingerprint density at radius 2 is 2.23 bits per heavy atom. The first kappa shape index (κ1) is 9.56. The third kappa shape index (κ3) is 1.63. The van der Waals surface area contributed by atoms with E-state index in [1.165, 1.54) is 12.1 Å². The van der Waals surface area contributed by atoms with Crippen LogP contribution in [0.25, 0.3) is 0 Å². The standard InChI is InChI=1S/C9H6ClNO2/c1-5-7(9(12)13)3-2-6(4-11)8(5)10/h2-3H,1H3,(H,12,13). The Hall–Kier alpha value is -1.53. The van der Waals surface area contributed by atoms with Gasteiger partial charge in [0.1, 0.15) is 6.07 Å². The molecule has 0 unspecified atom stereocenters. The van der Waals surface area contributed by atoms with Crippen LogP contribution in [0.4, 0.5) is 0 Å². The van der Waals surface area contributed by atoms with Gasteiger partial charge in [0.25, 0.3) is 0 Å². The van der Waals surface area contributed by atoms with E-state index in [1.807, 2.05) is 6.07 Å². The van der Waals surface area contributed by atoms with E-state index in [-0.39, 0.29) is 10.6 Å². The first-order chi connectivity index (χ1) is 6.07. The van der Waals surface area contributed by atoms with Gasteiger partial charge in [0.05, 0.1) is 16.1 Å². The molecule has 66 valence electrons. The molecule has 1 aromatic rings. The second-order valence-electron chi connectivity index (χ2n) is 2.52. The molecular formula is C9H6ClNO2. The molecule has 13 heavy (non-hydrogen) atoms. The van der Waals surface area contributed by atoms with Crippen molar-refractivity contribution in [3.05, 3.63) is 33.8 Å². The molecule has 0 aliphatic rings. The van der Waals surface area contributed by atoms with Crippen LogP contribution in [0.15, 0.2) is 12.1 Å². The van der Waals surface area contributed by atoms with Gasteiger partial charge in [-0.3, -0.25) is 0 Å². The SMILES string of the molecule is Cc1c(C(=O)O)ccc(C#N)c1Cl. The molecule has 0 aromatic heterocycles. The summed E-state index contributed by atoms with van der Waals surface area (Å²) in [6, 6.07) is 4.66. The summed E-state index contributed by atoms with van der Waals surface area (Å²) in [5.74, 6) is -1.04. The fraction of sp³-hybridized carbons (Fsp3) is 0.111. The third-order valence-electron chi connectivity index (χ3n) is 1.74. The summed E-state index contributed by atoms with van der Waals surface area (Å²) in [5.41, 5.74) is 0.849. The number of carbonyl (C=O) groups is 1. The predicted octanol–water partition coefficient (Wildman–Crippen LogP) is 2.22. The molecule has 0 aliphatic carbocycles. The normalized spacial score (nSPS) is 9.31. The zero-order valence-corrected chi connectivity index (χ0v) is 7.59. The maximum atomic E-state index is 10.6. The molecule has 1 aromatic carbocycles. The second-order valence-corrected chi connectivity index (χ2v) is 2.89. The van der Waals surface area contributed by atoms with Crippen LogP contribution in [0.5, 0.6) is 0 Å². The number of hydrogen-bond donors (Lipinski definition) is 1. The summed E-state index contributed by atoms with van der Waals surface area (Å²) < 4.78 is 0. The number of nitriles is 1. The molecular weight excluding hydrogens is 190 g/mol. The van der Waals surface area contributed by atoms with Crippen LogP contribution >= 0.6 is 11.6 Å². The molecule has 0 bridgehead atoms. The van der Waals surface area contributed by atoms with Gasteiger partial charge in [-0.05, 0) is 24.6 Å². The second kappa shape index (κ2) is 3.46. The van der Waals surface area contributed by atoms with Gasteiger partial charge >= 0.3 is 5.97 Å². The Kier molecular flexibility index (Phi) is 2.54. The highest BCUT2D eigenvalue weighted by molar-refractivity contribution is 6.32. The Morgan fingerprint density at radius 1 is 1.62 bits per heavy atom. The number of carboxylic acid groups (broad SMARTS) is 1. The van der Waals surface area contributed by atoms with E-state index in [1.54, 1.807) is 6.92 Å². The van der Waals surface area contributed by atoms with Gasteiger partial charge in [-0.1, -0.05) is 11.6 Å². The predicted molar refractivity (Wildman–Crippen MR) is 47.9 cm³/mol. The van der Waals surface area contributed by atoms with Gasteiger partial charge in [-0.25, -0.2) is 4.79 Å². The number of carboxylic acids is 1. The van der Waals surface area contributed by atoms with E-state index < -0.39 is 5.97 Å². The molecule has 0 saturated heterocycles. The zero-order valence-electron chi connectivity index (χ0n) is 6.84. The highest BCUT2D eigenvalue weighted by Gasteiger charge is 2.12. The van der Waals surface area contributed by atoms with Gasteiger partial charge in [-0.2, -0.15) is 5.26 Å². The summed E-state index contributed by atoms with van der Waals surface area (Å²) >= 11 is 5.76. The summed E-state index contributed by atoms with van der Waals surface area (Å²) in [4.78, 5) is 10.6. The van der Waals surface area contributed by atoms with Crippen molar-refractivity contribution in [2.75, 3.05) is 0 Å². The number of aromatic carboxylic acids is 1. The highest BCUT2D eigenvalue weighted by Crippen LogP contribution is 2.23. The van der Waals surface area contributed by atoms with Crippen molar-refractivity contribution in [1.82, 2.24) is 0 Å². The zero-order chi connectivity index (χ0) is 10.0. The van der Waals surface area contributed by atoms with Gasteiger partial charge in [-0.15, -0.1) is 0 Å². The highest BCUT2D eigenvalue weighted by atomic mass is 35.5. The molecule has 4 heteroatoms. The minimum atomic E-state index is -1.04. The van der Waals surface area contributed by atoms with Crippen LogP contribution in [-0.2, 0) is 0 Å². The largest absolute Gasteiger partial charge is 0.478 e. The van der Waals surface area contributed by atoms with E-state index >= 15 is 0 Å².